The van der Waals surface area contributed by atoms with Gasteiger partial charge in [-0.1, -0.05) is 22.3 Å². The maximum atomic E-state index is 11.8. The highest BCUT2D eigenvalue weighted by Gasteiger charge is 2.14. The Hall–Kier alpha value is -3.15. The van der Waals surface area contributed by atoms with E-state index in [4.69, 9.17) is 8.94 Å². The molecular weight excluding hydrogens is 318 g/mol. The Kier molecular flexibility index (Phi) is 3.53. The van der Waals surface area contributed by atoms with Crippen LogP contribution in [-0.2, 0) is 6.54 Å². The second-order valence-corrected chi connectivity index (χ2v) is 6.09. The second-order valence-electron chi connectivity index (χ2n) is 6.09. The van der Waals surface area contributed by atoms with Crippen molar-refractivity contribution in [2.24, 2.45) is 0 Å². The molecule has 0 bridgehead atoms. The third kappa shape index (κ3) is 2.65. The van der Waals surface area contributed by atoms with Crippen LogP contribution in [0.5, 0.6) is 0 Å². The first-order valence-electron chi connectivity index (χ1n) is 8.11. The molecule has 6 nitrogen and oxygen atoms in total. The molecule has 0 aliphatic heterocycles. The van der Waals surface area contributed by atoms with Crippen LogP contribution in [0.15, 0.2) is 50.1 Å². The van der Waals surface area contributed by atoms with Gasteiger partial charge >= 0.3 is 5.76 Å². The highest BCUT2D eigenvalue weighted by atomic mass is 16.5. The van der Waals surface area contributed by atoms with Crippen LogP contribution in [0.3, 0.4) is 0 Å². The number of hydrogen-bond donors (Lipinski definition) is 0. The molecule has 4 rings (SSSR count). The van der Waals surface area contributed by atoms with E-state index in [0.717, 1.165) is 27.8 Å². The zero-order valence-corrected chi connectivity index (χ0v) is 14.2. The van der Waals surface area contributed by atoms with Crippen LogP contribution in [0.1, 0.15) is 18.1 Å². The average Bonchev–Trinajstić information content (AvgIpc) is 3.16. The van der Waals surface area contributed by atoms with Gasteiger partial charge in [-0.3, -0.25) is 4.57 Å². The van der Waals surface area contributed by atoms with Gasteiger partial charge in [0.05, 0.1) is 5.52 Å². The maximum Gasteiger partial charge on any atom is 0.419 e. The van der Waals surface area contributed by atoms with E-state index in [-0.39, 0.29) is 5.76 Å². The molecule has 0 amide bonds. The van der Waals surface area contributed by atoms with E-state index in [1.807, 2.05) is 45.0 Å². The lowest BCUT2D eigenvalue weighted by Crippen LogP contribution is -2.11. The zero-order chi connectivity index (χ0) is 17.6. The average molecular weight is 335 g/mol. The highest BCUT2D eigenvalue weighted by Crippen LogP contribution is 2.26. The summed E-state index contributed by atoms with van der Waals surface area (Å²) in [5.74, 6) is 0.566. The van der Waals surface area contributed by atoms with Crippen molar-refractivity contribution >= 4 is 11.1 Å². The smallest absolute Gasteiger partial charge is 0.408 e. The molecule has 0 N–H and O–H groups in total. The van der Waals surface area contributed by atoms with Gasteiger partial charge in [0.25, 0.3) is 5.89 Å². The first-order valence-corrected chi connectivity index (χ1v) is 8.11. The molecule has 6 heteroatoms. The van der Waals surface area contributed by atoms with Gasteiger partial charge in [0.1, 0.15) is 0 Å². The molecule has 0 saturated heterocycles. The SMILES string of the molecule is CCn1c(=O)oc2cc(-c3noc(-c4cc(C)cc(C)c4)n3)ccc21. The van der Waals surface area contributed by atoms with Crippen molar-refractivity contribution < 1.29 is 8.94 Å². The molecule has 4 aromatic rings. The van der Waals surface area contributed by atoms with Crippen molar-refractivity contribution in [1.29, 1.82) is 0 Å². The quantitative estimate of drug-likeness (QED) is 0.567. The fourth-order valence-electron chi connectivity index (χ4n) is 3.06. The van der Waals surface area contributed by atoms with Gasteiger partial charge in [-0.05, 0) is 51.1 Å². The van der Waals surface area contributed by atoms with Crippen LogP contribution in [0.25, 0.3) is 33.9 Å². The molecule has 126 valence electrons. The largest absolute Gasteiger partial charge is 0.419 e. The summed E-state index contributed by atoms with van der Waals surface area (Å²) in [6.45, 7) is 6.52. The number of oxazole rings is 1. The molecule has 0 aliphatic carbocycles. The summed E-state index contributed by atoms with van der Waals surface area (Å²) in [7, 11) is 0. The summed E-state index contributed by atoms with van der Waals surface area (Å²) in [5.41, 5.74) is 5.18. The lowest BCUT2D eigenvalue weighted by Gasteiger charge is -1.99. The van der Waals surface area contributed by atoms with Crippen molar-refractivity contribution in [2.45, 2.75) is 27.3 Å². The van der Waals surface area contributed by atoms with E-state index in [1.165, 1.54) is 0 Å². The van der Waals surface area contributed by atoms with Gasteiger partial charge in [-0.2, -0.15) is 4.98 Å². The fourth-order valence-corrected chi connectivity index (χ4v) is 3.06. The molecule has 0 fully saturated rings. The third-order valence-corrected chi connectivity index (χ3v) is 4.14. The van der Waals surface area contributed by atoms with Crippen LogP contribution < -0.4 is 5.76 Å². The summed E-state index contributed by atoms with van der Waals surface area (Å²) < 4.78 is 12.3. The van der Waals surface area contributed by atoms with Crippen LogP contribution in [0.4, 0.5) is 0 Å². The molecule has 0 saturated carbocycles. The summed E-state index contributed by atoms with van der Waals surface area (Å²) in [4.78, 5) is 16.3. The summed E-state index contributed by atoms with van der Waals surface area (Å²) in [5, 5.41) is 4.07. The molecular formula is C19H17N3O3. The van der Waals surface area contributed by atoms with Crippen molar-refractivity contribution in [3.8, 4) is 22.8 Å². The van der Waals surface area contributed by atoms with Gasteiger partial charge in [0, 0.05) is 17.7 Å². The summed E-state index contributed by atoms with van der Waals surface area (Å²) in [6, 6.07) is 11.6. The van der Waals surface area contributed by atoms with Gasteiger partial charge in [-0.15, -0.1) is 0 Å². The molecule has 2 aromatic heterocycles. The van der Waals surface area contributed by atoms with Crippen LogP contribution in [-0.4, -0.2) is 14.7 Å². The van der Waals surface area contributed by atoms with Gasteiger partial charge in [0.2, 0.25) is 5.82 Å². The standard InChI is InChI=1S/C19H17N3O3/c1-4-22-15-6-5-13(10-16(15)24-19(22)23)17-20-18(25-21-17)14-8-11(2)7-12(3)9-14/h5-10H,4H2,1-3H3. The highest BCUT2D eigenvalue weighted by molar-refractivity contribution is 5.79. The van der Waals surface area contributed by atoms with E-state index in [2.05, 4.69) is 16.2 Å². The number of nitrogens with zero attached hydrogens (tertiary/aromatic N) is 3. The van der Waals surface area contributed by atoms with E-state index in [1.54, 1.807) is 10.6 Å². The van der Waals surface area contributed by atoms with Crippen molar-refractivity contribution in [3.63, 3.8) is 0 Å². The van der Waals surface area contributed by atoms with E-state index >= 15 is 0 Å². The number of rotatable bonds is 3. The van der Waals surface area contributed by atoms with Crippen molar-refractivity contribution in [2.75, 3.05) is 0 Å². The lowest BCUT2D eigenvalue weighted by atomic mass is 10.1. The van der Waals surface area contributed by atoms with E-state index < -0.39 is 0 Å². The zero-order valence-electron chi connectivity index (χ0n) is 14.2. The van der Waals surface area contributed by atoms with Crippen molar-refractivity contribution in [1.82, 2.24) is 14.7 Å². The normalized spacial score (nSPS) is 11.3. The predicted molar refractivity (Wildman–Crippen MR) is 94.4 cm³/mol. The Bertz CT molecular complexity index is 1110. The molecule has 0 radical (unpaired) electrons. The Morgan fingerprint density at radius 3 is 2.52 bits per heavy atom. The van der Waals surface area contributed by atoms with Crippen molar-refractivity contribution in [3.05, 3.63) is 58.1 Å². The Labute approximate surface area is 143 Å². The Morgan fingerprint density at radius 2 is 1.80 bits per heavy atom. The molecule has 2 aromatic carbocycles. The molecule has 25 heavy (non-hydrogen) atoms. The minimum atomic E-state index is -0.362. The predicted octanol–water partition coefficient (Wildman–Crippen LogP) is 3.95. The van der Waals surface area contributed by atoms with Gasteiger partial charge < -0.3 is 8.94 Å². The maximum absolute atomic E-state index is 11.8. The number of fused-ring (bicyclic) bond motifs is 1. The van der Waals surface area contributed by atoms with Gasteiger partial charge in [0.15, 0.2) is 5.58 Å². The van der Waals surface area contributed by atoms with E-state index in [9.17, 15) is 4.79 Å². The van der Waals surface area contributed by atoms with Crippen LogP contribution >= 0.6 is 0 Å². The molecule has 2 heterocycles. The molecule has 0 aliphatic rings. The Balaban J connectivity index is 1.77. The second kappa shape index (κ2) is 5.73. The topological polar surface area (TPSA) is 74.1 Å². The lowest BCUT2D eigenvalue weighted by molar-refractivity contribution is 0.432. The third-order valence-electron chi connectivity index (χ3n) is 4.14. The summed E-state index contributed by atoms with van der Waals surface area (Å²) >= 11 is 0. The van der Waals surface area contributed by atoms with E-state index in [0.29, 0.717) is 23.8 Å². The molecule has 0 unspecified atom stereocenters. The molecule has 0 atom stereocenters. The Morgan fingerprint density at radius 1 is 1.04 bits per heavy atom. The number of benzene rings is 2. The number of aryl methyl sites for hydroxylation is 3. The monoisotopic (exact) mass is 335 g/mol. The number of aromatic nitrogens is 3. The summed E-state index contributed by atoms with van der Waals surface area (Å²) in [6.07, 6.45) is 0. The van der Waals surface area contributed by atoms with Crippen LogP contribution in [0.2, 0.25) is 0 Å². The van der Waals surface area contributed by atoms with Gasteiger partial charge in [-0.25, -0.2) is 4.79 Å². The first kappa shape index (κ1) is 15.4. The molecule has 0 spiro atoms. The minimum absolute atomic E-state index is 0.362. The number of hydrogen-bond acceptors (Lipinski definition) is 5. The van der Waals surface area contributed by atoms with Crippen LogP contribution in [0, 0.1) is 13.8 Å². The fraction of sp³-hybridized carbons (Fsp3) is 0.211. The first-order chi connectivity index (χ1) is 12.0. The minimum Gasteiger partial charge on any atom is -0.408 e.